The first-order valence-electron chi connectivity index (χ1n) is 8.41. The maximum Gasteiger partial charge on any atom is 0.309 e. The van der Waals surface area contributed by atoms with Crippen LogP contribution in [-0.4, -0.2) is 29.6 Å². The third kappa shape index (κ3) is 3.89. The summed E-state index contributed by atoms with van der Waals surface area (Å²) in [7, 11) is 0. The molecule has 2 aliphatic rings. The molecule has 1 saturated heterocycles. The lowest BCUT2D eigenvalue weighted by molar-refractivity contribution is -0.157. The van der Waals surface area contributed by atoms with Gasteiger partial charge < -0.3 is 4.74 Å². The minimum Gasteiger partial charge on any atom is -0.460 e. The van der Waals surface area contributed by atoms with E-state index in [0.717, 1.165) is 26.1 Å². The molecule has 3 rings (SSSR count). The Hall–Kier alpha value is -1.35. The highest BCUT2D eigenvalue weighted by atomic mass is 16.6. The average molecular weight is 301 g/mol. The van der Waals surface area contributed by atoms with Gasteiger partial charge in [0, 0.05) is 13.1 Å². The van der Waals surface area contributed by atoms with Gasteiger partial charge in [-0.3, -0.25) is 9.69 Å². The van der Waals surface area contributed by atoms with Crippen molar-refractivity contribution in [3.05, 3.63) is 35.9 Å². The molecule has 3 atom stereocenters. The van der Waals surface area contributed by atoms with Gasteiger partial charge in [-0.1, -0.05) is 30.3 Å². The molecule has 1 saturated carbocycles. The van der Waals surface area contributed by atoms with Gasteiger partial charge in [0.25, 0.3) is 0 Å². The molecule has 3 unspecified atom stereocenters. The number of hydrogen-bond donors (Lipinski definition) is 0. The molecule has 1 aliphatic heterocycles. The van der Waals surface area contributed by atoms with E-state index >= 15 is 0 Å². The van der Waals surface area contributed by atoms with E-state index in [4.69, 9.17) is 4.74 Å². The molecule has 0 amide bonds. The molecule has 0 N–H and O–H groups in total. The molecule has 0 radical (unpaired) electrons. The minimum absolute atomic E-state index is 0.0130. The zero-order valence-electron chi connectivity index (χ0n) is 13.9. The van der Waals surface area contributed by atoms with Crippen LogP contribution in [0.25, 0.3) is 0 Å². The van der Waals surface area contributed by atoms with Crippen molar-refractivity contribution in [2.75, 3.05) is 13.1 Å². The summed E-state index contributed by atoms with van der Waals surface area (Å²) in [4.78, 5) is 14.6. The van der Waals surface area contributed by atoms with Gasteiger partial charge in [0.2, 0.25) is 0 Å². The fraction of sp³-hybridized carbons (Fsp3) is 0.632. The summed E-state index contributed by atoms with van der Waals surface area (Å²) in [6.07, 6.45) is 2.25. The Morgan fingerprint density at radius 3 is 2.68 bits per heavy atom. The van der Waals surface area contributed by atoms with Crippen LogP contribution in [0.1, 0.15) is 39.2 Å². The largest absolute Gasteiger partial charge is 0.460 e. The number of nitrogens with zero attached hydrogens (tertiary/aromatic N) is 1. The van der Waals surface area contributed by atoms with E-state index in [9.17, 15) is 4.79 Å². The molecule has 0 spiro atoms. The van der Waals surface area contributed by atoms with Crippen molar-refractivity contribution in [3.63, 3.8) is 0 Å². The van der Waals surface area contributed by atoms with Crippen LogP contribution in [0.4, 0.5) is 0 Å². The fourth-order valence-corrected chi connectivity index (χ4v) is 3.58. The van der Waals surface area contributed by atoms with Crippen molar-refractivity contribution in [1.29, 1.82) is 0 Å². The Kier molecular flexibility index (Phi) is 4.26. The molecule has 120 valence electrons. The lowest BCUT2D eigenvalue weighted by Crippen LogP contribution is -2.26. The highest BCUT2D eigenvalue weighted by Gasteiger charge is 2.50. The maximum atomic E-state index is 12.1. The molecule has 1 aliphatic carbocycles. The molecule has 0 bridgehead atoms. The second-order valence-corrected chi connectivity index (χ2v) is 7.81. The van der Waals surface area contributed by atoms with E-state index in [1.54, 1.807) is 0 Å². The number of hydrogen-bond acceptors (Lipinski definition) is 3. The smallest absolute Gasteiger partial charge is 0.309 e. The quantitative estimate of drug-likeness (QED) is 0.797. The predicted octanol–water partition coefficient (Wildman–Crippen LogP) is 3.49. The predicted molar refractivity (Wildman–Crippen MR) is 87.3 cm³/mol. The van der Waals surface area contributed by atoms with Crippen LogP contribution in [0, 0.1) is 17.8 Å². The Morgan fingerprint density at radius 1 is 1.27 bits per heavy atom. The number of rotatable bonds is 4. The van der Waals surface area contributed by atoms with Gasteiger partial charge in [-0.25, -0.2) is 0 Å². The third-order valence-corrected chi connectivity index (χ3v) is 4.71. The standard InChI is InChI=1S/C19H27NO2/c1-19(2,3)22-18(21)17-11-16(17)15-9-10-20(13-15)12-14-7-5-4-6-8-14/h4-8,15-17H,9-13H2,1-3H3. The molecule has 1 aromatic carbocycles. The van der Waals surface area contributed by atoms with Crippen LogP contribution in [-0.2, 0) is 16.1 Å². The molecule has 2 fully saturated rings. The topological polar surface area (TPSA) is 29.5 Å². The molecule has 22 heavy (non-hydrogen) atoms. The first-order valence-corrected chi connectivity index (χ1v) is 8.41. The molecular formula is C19H27NO2. The SMILES string of the molecule is CC(C)(C)OC(=O)C1CC1C1CCN(Cc2ccccc2)C1. The Balaban J connectivity index is 1.47. The molecule has 0 aromatic heterocycles. The van der Waals surface area contributed by atoms with E-state index < -0.39 is 0 Å². The molecule has 3 nitrogen and oxygen atoms in total. The van der Waals surface area contributed by atoms with Crippen molar-refractivity contribution in [2.24, 2.45) is 17.8 Å². The Bertz CT molecular complexity index is 520. The van der Waals surface area contributed by atoms with Crippen molar-refractivity contribution in [2.45, 2.75) is 45.8 Å². The van der Waals surface area contributed by atoms with E-state index in [-0.39, 0.29) is 17.5 Å². The minimum atomic E-state index is -0.362. The van der Waals surface area contributed by atoms with Crippen LogP contribution in [0.2, 0.25) is 0 Å². The number of likely N-dealkylation sites (tertiary alicyclic amines) is 1. The van der Waals surface area contributed by atoms with Crippen LogP contribution in [0.15, 0.2) is 30.3 Å². The Morgan fingerprint density at radius 2 is 2.00 bits per heavy atom. The lowest BCUT2D eigenvalue weighted by atomic mass is 10.0. The second-order valence-electron chi connectivity index (χ2n) is 7.81. The number of carbonyl (C=O) groups is 1. The Labute approximate surface area is 133 Å². The summed E-state index contributed by atoms with van der Waals surface area (Å²) >= 11 is 0. The average Bonchev–Trinajstić information content (AvgIpc) is 3.12. The molecule has 1 heterocycles. The van der Waals surface area contributed by atoms with Crippen molar-refractivity contribution < 1.29 is 9.53 Å². The number of benzene rings is 1. The van der Waals surface area contributed by atoms with Crippen LogP contribution in [0.5, 0.6) is 0 Å². The summed E-state index contributed by atoms with van der Waals surface area (Å²) in [5, 5.41) is 0. The van der Waals surface area contributed by atoms with Crippen LogP contribution >= 0.6 is 0 Å². The van der Waals surface area contributed by atoms with E-state index in [0.29, 0.717) is 11.8 Å². The van der Waals surface area contributed by atoms with Crippen molar-refractivity contribution >= 4 is 5.97 Å². The summed E-state index contributed by atoms with van der Waals surface area (Å²) in [6, 6.07) is 10.6. The van der Waals surface area contributed by atoms with Gasteiger partial charge >= 0.3 is 5.97 Å². The molecule has 3 heteroatoms. The first kappa shape index (κ1) is 15.5. The van der Waals surface area contributed by atoms with Crippen LogP contribution < -0.4 is 0 Å². The first-order chi connectivity index (χ1) is 10.4. The van der Waals surface area contributed by atoms with E-state index in [2.05, 4.69) is 35.2 Å². The summed E-state index contributed by atoms with van der Waals surface area (Å²) in [5.41, 5.74) is 1.02. The van der Waals surface area contributed by atoms with E-state index in [1.165, 1.54) is 12.0 Å². The van der Waals surface area contributed by atoms with Gasteiger partial charge in [-0.2, -0.15) is 0 Å². The number of carbonyl (C=O) groups excluding carboxylic acids is 1. The van der Waals surface area contributed by atoms with Gasteiger partial charge in [-0.15, -0.1) is 0 Å². The zero-order chi connectivity index (χ0) is 15.7. The molecule has 1 aromatic rings. The molecular weight excluding hydrogens is 274 g/mol. The normalized spacial score (nSPS) is 28.6. The summed E-state index contributed by atoms with van der Waals surface area (Å²) in [6.45, 7) is 9.13. The number of ether oxygens (including phenoxy) is 1. The van der Waals surface area contributed by atoms with Gasteiger partial charge in [0.05, 0.1) is 5.92 Å². The van der Waals surface area contributed by atoms with Gasteiger partial charge in [-0.05, 0) is 57.6 Å². The van der Waals surface area contributed by atoms with Crippen molar-refractivity contribution in [3.8, 4) is 0 Å². The lowest BCUT2D eigenvalue weighted by Gasteiger charge is -2.20. The summed E-state index contributed by atoms with van der Waals surface area (Å²) in [5.74, 6) is 1.39. The fourth-order valence-electron chi connectivity index (χ4n) is 3.58. The highest BCUT2D eigenvalue weighted by molar-refractivity contribution is 5.76. The van der Waals surface area contributed by atoms with Gasteiger partial charge in [0.1, 0.15) is 5.60 Å². The second kappa shape index (κ2) is 6.04. The summed E-state index contributed by atoms with van der Waals surface area (Å²) < 4.78 is 5.52. The zero-order valence-corrected chi connectivity index (χ0v) is 13.9. The number of esters is 1. The van der Waals surface area contributed by atoms with Crippen molar-refractivity contribution in [1.82, 2.24) is 4.90 Å². The third-order valence-electron chi connectivity index (χ3n) is 4.71. The maximum absolute atomic E-state index is 12.1. The van der Waals surface area contributed by atoms with E-state index in [1.807, 2.05) is 20.8 Å². The highest BCUT2D eigenvalue weighted by Crippen LogP contribution is 2.48. The monoisotopic (exact) mass is 301 g/mol. The van der Waals surface area contributed by atoms with Crippen LogP contribution in [0.3, 0.4) is 0 Å². The van der Waals surface area contributed by atoms with Gasteiger partial charge in [0.15, 0.2) is 0 Å².